The van der Waals surface area contributed by atoms with E-state index in [2.05, 4.69) is 57.9 Å². The maximum atomic E-state index is 12.0. The molecular formula is C27H22N8OS. The molecule has 0 radical (unpaired) electrons. The summed E-state index contributed by atoms with van der Waals surface area (Å²) in [5, 5.41) is 23.0. The highest BCUT2D eigenvalue weighted by molar-refractivity contribution is 7.08. The number of fused-ring (bicyclic) bond motifs is 4. The molecule has 0 bridgehead atoms. The first kappa shape index (κ1) is 21.7. The normalized spacial score (nSPS) is 15.5. The van der Waals surface area contributed by atoms with Gasteiger partial charge in [-0.25, -0.2) is 0 Å². The lowest BCUT2D eigenvalue weighted by Gasteiger charge is -2.18. The van der Waals surface area contributed by atoms with Gasteiger partial charge in [0.05, 0.1) is 58.6 Å². The van der Waals surface area contributed by atoms with E-state index in [9.17, 15) is 4.79 Å². The van der Waals surface area contributed by atoms with Crippen molar-refractivity contribution in [1.82, 2.24) is 30.5 Å². The summed E-state index contributed by atoms with van der Waals surface area (Å²) in [7, 11) is 0. The molecule has 182 valence electrons. The van der Waals surface area contributed by atoms with Crippen molar-refractivity contribution in [3.05, 3.63) is 76.9 Å². The number of H-pyrrole nitrogens is 1. The van der Waals surface area contributed by atoms with E-state index in [0.717, 1.165) is 56.9 Å². The third kappa shape index (κ3) is 3.73. The zero-order valence-electron chi connectivity index (χ0n) is 19.9. The number of anilines is 2. The van der Waals surface area contributed by atoms with Crippen LogP contribution >= 0.6 is 11.3 Å². The molecule has 4 N–H and O–H groups in total. The number of rotatable bonds is 6. The van der Waals surface area contributed by atoms with Crippen LogP contribution in [0.5, 0.6) is 0 Å². The molecule has 1 amide bonds. The number of aromatic nitrogens is 5. The van der Waals surface area contributed by atoms with Crippen LogP contribution in [0.2, 0.25) is 0 Å². The van der Waals surface area contributed by atoms with Crippen LogP contribution in [0.3, 0.4) is 0 Å². The molecule has 7 rings (SSSR count). The van der Waals surface area contributed by atoms with E-state index in [1.54, 1.807) is 29.9 Å². The number of hydrogen-bond acceptors (Lipinski definition) is 8. The summed E-state index contributed by atoms with van der Waals surface area (Å²) in [6.07, 6.45) is 10.2. The van der Waals surface area contributed by atoms with Crippen molar-refractivity contribution in [2.75, 3.05) is 10.6 Å². The molecule has 2 aliphatic rings. The Balaban J connectivity index is 1.25. The Bertz CT molecular complexity index is 1700. The predicted octanol–water partition coefficient (Wildman–Crippen LogP) is 5.32. The summed E-state index contributed by atoms with van der Waals surface area (Å²) in [5.41, 5.74) is 10.4. The summed E-state index contributed by atoms with van der Waals surface area (Å²) in [4.78, 5) is 25.5. The molecule has 1 unspecified atom stereocenters. The minimum Gasteiger partial charge on any atom is -0.372 e. The van der Waals surface area contributed by atoms with Crippen LogP contribution in [0, 0.1) is 0 Å². The third-order valence-electron chi connectivity index (χ3n) is 6.62. The van der Waals surface area contributed by atoms with Gasteiger partial charge in [0.25, 0.3) is 0 Å². The quantitative estimate of drug-likeness (QED) is 0.229. The van der Waals surface area contributed by atoms with E-state index in [1.807, 2.05) is 31.5 Å². The number of carbonyl (C=O) groups is 1. The van der Waals surface area contributed by atoms with Gasteiger partial charge in [0, 0.05) is 40.9 Å². The highest BCUT2D eigenvalue weighted by atomic mass is 32.1. The van der Waals surface area contributed by atoms with Crippen molar-refractivity contribution in [2.45, 2.75) is 25.8 Å². The van der Waals surface area contributed by atoms with Gasteiger partial charge in [0.2, 0.25) is 5.91 Å². The van der Waals surface area contributed by atoms with Crippen molar-refractivity contribution < 1.29 is 4.79 Å². The maximum Gasteiger partial charge on any atom is 0.224 e. The molecule has 0 aromatic carbocycles. The second-order valence-corrected chi connectivity index (χ2v) is 9.88. The van der Waals surface area contributed by atoms with Gasteiger partial charge in [-0.1, -0.05) is 6.92 Å². The number of nitrogens with zero attached hydrogens (tertiary/aromatic N) is 4. The van der Waals surface area contributed by atoms with E-state index in [1.165, 1.54) is 11.1 Å². The number of hydrogen-bond donors (Lipinski definition) is 4. The van der Waals surface area contributed by atoms with Crippen LogP contribution in [-0.4, -0.2) is 31.1 Å². The summed E-state index contributed by atoms with van der Waals surface area (Å²) in [6.45, 7) is 1.98. The minimum atomic E-state index is -0.0257. The zero-order chi connectivity index (χ0) is 24.9. The van der Waals surface area contributed by atoms with Gasteiger partial charge in [-0.05, 0) is 40.9 Å². The number of amides is 1. The smallest absolute Gasteiger partial charge is 0.224 e. The molecule has 5 aromatic heterocycles. The Labute approximate surface area is 216 Å². The first-order valence-electron chi connectivity index (χ1n) is 12.1. The fourth-order valence-corrected chi connectivity index (χ4v) is 5.48. The molecule has 1 saturated heterocycles. The molecule has 1 fully saturated rings. The number of carbonyl (C=O) groups excluding carboxylic acids is 1. The van der Waals surface area contributed by atoms with Gasteiger partial charge in [0.1, 0.15) is 5.69 Å². The van der Waals surface area contributed by atoms with Gasteiger partial charge in [-0.2, -0.15) is 16.4 Å². The molecule has 1 atom stereocenters. The topological polar surface area (TPSA) is 130 Å². The second-order valence-electron chi connectivity index (χ2n) is 9.10. The van der Waals surface area contributed by atoms with Crippen molar-refractivity contribution in [2.24, 2.45) is 0 Å². The summed E-state index contributed by atoms with van der Waals surface area (Å²) < 4.78 is 0. The van der Waals surface area contributed by atoms with Gasteiger partial charge >= 0.3 is 0 Å². The Morgan fingerprint density at radius 2 is 2.03 bits per heavy atom. The third-order valence-corrected chi connectivity index (χ3v) is 7.30. The van der Waals surface area contributed by atoms with Crippen molar-refractivity contribution in [3.63, 3.8) is 0 Å². The molecule has 2 aliphatic heterocycles. The van der Waals surface area contributed by atoms with Gasteiger partial charge in [0.15, 0.2) is 0 Å². The van der Waals surface area contributed by atoms with Crippen LogP contribution < -0.4 is 16.0 Å². The minimum absolute atomic E-state index is 0.0257. The molecule has 10 heteroatoms. The molecule has 0 saturated carbocycles. The molecule has 0 spiro atoms. The van der Waals surface area contributed by atoms with Crippen LogP contribution in [0.1, 0.15) is 37.1 Å². The SMILES string of the molecule is CCCC(=O)Nc1cncc(-c2cc3c(C4=C5NC5c5c(cncc5-c5ccsc5)N4)n[nH]c3cn2)c1. The van der Waals surface area contributed by atoms with E-state index in [4.69, 9.17) is 0 Å². The highest BCUT2D eigenvalue weighted by Crippen LogP contribution is 2.50. The maximum absolute atomic E-state index is 12.0. The number of aromatic amines is 1. The molecule has 5 aromatic rings. The van der Waals surface area contributed by atoms with E-state index in [-0.39, 0.29) is 11.9 Å². The van der Waals surface area contributed by atoms with Crippen LogP contribution in [0.15, 0.2) is 65.6 Å². The highest BCUT2D eigenvalue weighted by Gasteiger charge is 2.42. The number of nitrogens with one attached hydrogen (secondary N) is 4. The van der Waals surface area contributed by atoms with Crippen molar-refractivity contribution >= 4 is 45.2 Å². The van der Waals surface area contributed by atoms with Crippen LogP contribution in [0.25, 0.3) is 39.0 Å². The molecule has 0 aliphatic carbocycles. The molecule has 7 heterocycles. The summed E-state index contributed by atoms with van der Waals surface area (Å²) in [5.74, 6) is -0.0257. The fourth-order valence-electron chi connectivity index (χ4n) is 4.83. The Morgan fingerprint density at radius 3 is 2.89 bits per heavy atom. The first-order chi connectivity index (χ1) is 18.2. The van der Waals surface area contributed by atoms with E-state index < -0.39 is 0 Å². The van der Waals surface area contributed by atoms with Crippen molar-refractivity contribution in [3.8, 4) is 22.4 Å². The van der Waals surface area contributed by atoms with Crippen LogP contribution in [0.4, 0.5) is 11.4 Å². The average molecular weight is 507 g/mol. The lowest BCUT2D eigenvalue weighted by atomic mass is 9.96. The number of thiophene rings is 1. The second kappa shape index (κ2) is 8.52. The van der Waals surface area contributed by atoms with Gasteiger partial charge in [-0.3, -0.25) is 24.8 Å². The largest absolute Gasteiger partial charge is 0.372 e. The van der Waals surface area contributed by atoms with Gasteiger partial charge in [-0.15, -0.1) is 0 Å². The summed E-state index contributed by atoms with van der Waals surface area (Å²) >= 11 is 1.68. The Morgan fingerprint density at radius 1 is 1.11 bits per heavy atom. The monoisotopic (exact) mass is 506 g/mol. The Hall–Kier alpha value is -4.57. The molecule has 37 heavy (non-hydrogen) atoms. The first-order valence-corrected chi connectivity index (χ1v) is 13.0. The molecular weight excluding hydrogens is 484 g/mol. The lowest BCUT2D eigenvalue weighted by Crippen LogP contribution is -2.10. The number of pyridine rings is 3. The van der Waals surface area contributed by atoms with Crippen LogP contribution in [-0.2, 0) is 4.79 Å². The Kier molecular flexibility index (Phi) is 5.00. The molecule has 9 nitrogen and oxygen atoms in total. The van der Waals surface area contributed by atoms with E-state index in [0.29, 0.717) is 12.1 Å². The zero-order valence-corrected chi connectivity index (χ0v) is 20.7. The van der Waals surface area contributed by atoms with Crippen molar-refractivity contribution in [1.29, 1.82) is 0 Å². The van der Waals surface area contributed by atoms with Gasteiger partial charge < -0.3 is 16.0 Å². The fraction of sp³-hybridized carbons (Fsp3) is 0.148. The summed E-state index contributed by atoms with van der Waals surface area (Å²) in [6, 6.07) is 6.15. The predicted molar refractivity (Wildman–Crippen MR) is 145 cm³/mol. The van der Waals surface area contributed by atoms with E-state index >= 15 is 0 Å². The average Bonchev–Trinajstić information content (AvgIpc) is 3.32. The lowest BCUT2D eigenvalue weighted by molar-refractivity contribution is -0.116. The standard InChI is InChI=1S/C27H22N8OS/c1-2-3-22(36)31-16-6-15(8-28-9-16)19-7-17-20(12-30-19)34-35-24(17)26-27-25(33-27)23-18(14-4-5-37-13-14)10-29-11-21(23)32-26/h4-13,25,32-33H,2-3H2,1H3,(H,31,36)(H,34,35).